The second-order valence-electron chi connectivity index (χ2n) is 3.95. The summed E-state index contributed by atoms with van der Waals surface area (Å²) in [6.45, 7) is 2.22. The Morgan fingerprint density at radius 3 is 3.16 bits per heavy atom. The summed E-state index contributed by atoms with van der Waals surface area (Å²) in [4.78, 5) is 11.2. The van der Waals surface area contributed by atoms with E-state index in [2.05, 4.69) is 20.4 Å². The van der Waals surface area contributed by atoms with Crippen LogP contribution >= 0.6 is 0 Å². The molecule has 2 aromatic heterocycles. The van der Waals surface area contributed by atoms with Gasteiger partial charge < -0.3 is 14.5 Å². The standard InChI is InChI=1S/C12H16N4O3/c1-18-12(17)11-4-3-10(19-11)9-13-5-2-7-16-8-6-14-15-16/h3-4,6,8,13H,2,5,7,9H2,1H3. The van der Waals surface area contributed by atoms with Gasteiger partial charge in [0, 0.05) is 12.7 Å². The highest BCUT2D eigenvalue weighted by Gasteiger charge is 2.10. The van der Waals surface area contributed by atoms with E-state index >= 15 is 0 Å². The smallest absolute Gasteiger partial charge is 0.373 e. The molecule has 0 unspecified atom stereocenters. The molecule has 2 rings (SSSR count). The fourth-order valence-electron chi connectivity index (χ4n) is 1.61. The van der Waals surface area contributed by atoms with Crippen molar-refractivity contribution < 1.29 is 13.9 Å². The lowest BCUT2D eigenvalue weighted by Gasteiger charge is -2.02. The van der Waals surface area contributed by atoms with Crippen LogP contribution in [0.5, 0.6) is 0 Å². The number of esters is 1. The molecule has 0 radical (unpaired) electrons. The molecule has 7 nitrogen and oxygen atoms in total. The molecule has 1 N–H and O–H groups in total. The molecule has 0 aliphatic rings. The lowest BCUT2D eigenvalue weighted by atomic mass is 10.4. The van der Waals surface area contributed by atoms with Crippen molar-refractivity contribution in [3.63, 3.8) is 0 Å². The molecular formula is C12H16N4O3. The molecule has 0 amide bonds. The minimum Gasteiger partial charge on any atom is -0.463 e. The second-order valence-corrected chi connectivity index (χ2v) is 3.95. The molecule has 19 heavy (non-hydrogen) atoms. The first-order valence-electron chi connectivity index (χ1n) is 6.01. The number of carbonyl (C=O) groups is 1. The third kappa shape index (κ3) is 3.92. The molecular weight excluding hydrogens is 248 g/mol. The molecule has 0 spiro atoms. The summed E-state index contributed by atoms with van der Waals surface area (Å²) in [7, 11) is 1.33. The number of ether oxygens (including phenoxy) is 1. The number of hydrogen-bond donors (Lipinski definition) is 1. The van der Waals surface area contributed by atoms with Crippen molar-refractivity contribution in [3.8, 4) is 0 Å². The molecule has 0 bridgehead atoms. The van der Waals surface area contributed by atoms with E-state index in [0.717, 1.165) is 19.5 Å². The third-order valence-corrected chi connectivity index (χ3v) is 2.56. The van der Waals surface area contributed by atoms with Crippen LogP contribution in [0, 0.1) is 0 Å². The van der Waals surface area contributed by atoms with Gasteiger partial charge in [-0.3, -0.25) is 4.68 Å². The van der Waals surface area contributed by atoms with Crippen molar-refractivity contribution in [2.75, 3.05) is 13.7 Å². The fourth-order valence-corrected chi connectivity index (χ4v) is 1.61. The Labute approximate surface area is 110 Å². The summed E-state index contributed by atoms with van der Waals surface area (Å²) >= 11 is 0. The normalized spacial score (nSPS) is 10.6. The predicted molar refractivity (Wildman–Crippen MR) is 66.4 cm³/mol. The van der Waals surface area contributed by atoms with Crippen molar-refractivity contribution in [1.29, 1.82) is 0 Å². The van der Waals surface area contributed by atoms with Crippen LogP contribution in [-0.4, -0.2) is 34.6 Å². The maximum Gasteiger partial charge on any atom is 0.373 e. The number of methoxy groups -OCH3 is 1. The van der Waals surface area contributed by atoms with Crippen molar-refractivity contribution in [2.45, 2.75) is 19.5 Å². The minimum atomic E-state index is -0.461. The van der Waals surface area contributed by atoms with Crippen LogP contribution in [0.15, 0.2) is 28.9 Å². The van der Waals surface area contributed by atoms with Crippen LogP contribution in [0.25, 0.3) is 0 Å². The zero-order valence-corrected chi connectivity index (χ0v) is 10.7. The molecule has 0 atom stereocenters. The highest BCUT2D eigenvalue weighted by molar-refractivity contribution is 5.86. The molecule has 0 aliphatic carbocycles. The molecule has 102 valence electrons. The van der Waals surface area contributed by atoms with Crippen molar-refractivity contribution in [3.05, 3.63) is 36.0 Å². The molecule has 2 heterocycles. The minimum absolute atomic E-state index is 0.224. The van der Waals surface area contributed by atoms with E-state index in [0.29, 0.717) is 12.3 Å². The summed E-state index contributed by atoms with van der Waals surface area (Å²) in [6.07, 6.45) is 4.42. The van der Waals surface area contributed by atoms with Crippen LogP contribution in [-0.2, 0) is 17.8 Å². The average molecular weight is 264 g/mol. The Morgan fingerprint density at radius 2 is 2.42 bits per heavy atom. The van der Waals surface area contributed by atoms with Crippen LogP contribution in [0.2, 0.25) is 0 Å². The van der Waals surface area contributed by atoms with Gasteiger partial charge in [-0.15, -0.1) is 5.10 Å². The second kappa shape index (κ2) is 6.69. The number of hydrogen-bond acceptors (Lipinski definition) is 6. The van der Waals surface area contributed by atoms with E-state index in [1.54, 1.807) is 23.0 Å². The number of nitrogens with one attached hydrogen (secondary N) is 1. The summed E-state index contributed by atoms with van der Waals surface area (Å²) < 4.78 is 11.7. The first kappa shape index (κ1) is 13.3. The van der Waals surface area contributed by atoms with Gasteiger partial charge in [0.15, 0.2) is 0 Å². The van der Waals surface area contributed by atoms with E-state index in [4.69, 9.17) is 4.42 Å². The van der Waals surface area contributed by atoms with Gasteiger partial charge in [0.2, 0.25) is 5.76 Å². The highest BCUT2D eigenvalue weighted by Crippen LogP contribution is 2.08. The number of furan rings is 1. The molecule has 0 aliphatic heterocycles. The lowest BCUT2D eigenvalue weighted by molar-refractivity contribution is 0.0563. The van der Waals surface area contributed by atoms with Crippen LogP contribution < -0.4 is 5.32 Å². The van der Waals surface area contributed by atoms with Gasteiger partial charge in [0.25, 0.3) is 0 Å². The SMILES string of the molecule is COC(=O)c1ccc(CNCCCn2ccnn2)o1. The van der Waals surface area contributed by atoms with Gasteiger partial charge in [-0.2, -0.15) is 0 Å². The Balaban J connectivity index is 1.65. The number of carbonyl (C=O) groups excluding carboxylic acids is 1. The summed E-state index contributed by atoms with van der Waals surface area (Å²) in [5.74, 6) is 0.473. The maximum atomic E-state index is 11.2. The average Bonchev–Trinajstić information content (AvgIpc) is 3.08. The van der Waals surface area contributed by atoms with Gasteiger partial charge in [0.05, 0.1) is 19.9 Å². The van der Waals surface area contributed by atoms with E-state index in [1.807, 2.05) is 6.20 Å². The van der Waals surface area contributed by atoms with E-state index in [-0.39, 0.29) is 5.76 Å². The number of rotatable bonds is 7. The molecule has 0 saturated carbocycles. The molecule has 0 fully saturated rings. The fraction of sp³-hybridized carbons (Fsp3) is 0.417. The summed E-state index contributed by atoms with van der Waals surface area (Å²) in [5.41, 5.74) is 0. The van der Waals surface area contributed by atoms with Crippen molar-refractivity contribution >= 4 is 5.97 Å². The van der Waals surface area contributed by atoms with Gasteiger partial charge >= 0.3 is 5.97 Å². The van der Waals surface area contributed by atoms with Gasteiger partial charge in [-0.1, -0.05) is 5.21 Å². The first-order valence-corrected chi connectivity index (χ1v) is 6.01. The van der Waals surface area contributed by atoms with Gasteiger partial charge in [0.1, 0.15) is 5.76 Å². The molecule has 0 saturated heterocycles. The van der Waals surface area contributed by atoms with E-state index in [1.165, 1.54) is 7.11 Å². The van der Waals surface area contributed by atoms with Crippen molar-refractivity contribution in [2.24, 2.45) is 0 Å². The monoisotopic (exact) mass is 264 g/mol. The predicted octanol–water partition coefficient (Wildman–Crippen LogP) is 0.838. The van der Waals surface area contributed by atoms with Crippen LogP contribution in [0.3, 0.4) is 0 Å². The van der Waals surface area contributed by atoms with Crippen LogP contribution in [0.1, 0.15) is 22.7 Å². The van der Waals surface area contributed by atoms with E-state index < -0.39 is 5.97 Å². The van der Waals surface area contributed by atoms with Gasteiger partial charge in [-0.25, -0.2) is 4.79 Å². The van der Waals surface area contributed by atoms with Crippen molar-refractivity contribution in [1.82, 2.24) is 20.3 Å². The summed E-state index contributed by atoms with van der Waals surface area (Å²) in [6, 6.07) is 3.37. The van der Waals surface area contributed by atoms with E-state index in [9.17, 15) is 4.79 Å². The highest BCUT2D eigenvalue weighted by atomic mass is 16.5. The first-order chi connectivity index (χ1) is 9.29. The molecule has 2 aromatic rings. The third-order valence-electron chi connectivity index (χ3n) is 2.56. The zero-order valence-electron chi connectivity index (χ0n) is 10.7. The Kier molecular flexibility index (Phi) is 4.68. The number of aromatic nitrogens is 3. The Bertz CT molecular complexity index is 507. The topological polar surface area (TPSA) is 82.2 Å². The maximum absolute atomic E-state index is 11.2. The molecule has 0 aromatic carbocycles. The Morgan fingerprint density at radius 1 is 1.53 bits per heavy atom. The van der Waals surface area contributed by atoms with Gasteiger partial charge in [-0.05, 0) is 25.1 Å². The number of aryl methyl sites for hydroxylation is 1. The summed E-state index contributed by atoms with van der Waals surface area (Å²) in [5, 5.41) is 10.8. The lowest BCUT2D eigenvalue weighted by Crippen LogP contribution is -2.16. The quantitative estimate of drug-likeness (QED) is 0.589. The number of nitrogens with zero attached hydrogens (tertiary/aromatic N) is 3. The van der Waals surface area contributed by atoms with Crippen LogP contribution in [0.4, 0.5) is 0 Å². The zero-order chi connectivity index (χ0) is 13.5. The Hall–Kier alpha value is -2.15. The largest absolute Gasteiger partial charge is 0.463 e. The molecule has 7 heteroatoms.